The Balaban J connectivity index is 2.04. The van der Waals surface area contributed by atoms with E-state index in [0.29, 0.717) is 13.0 Å². The van der Waals surface area contributed by atoms with E-state index in [1.165, 1.54) is 12.3 Å². The number of hydrogen-bond donors (Lipinski definition) is 3. The van der Waals surface area contributed by atoms with Gasteiger partial charge < -0.3 is 5.43 Å². The highest BCUT2D eigenvalue weighted by molar-refractivity contribution is 7.89. The van der Waals surface area contributed by atoms with Crippen molar-refractivity contribution in [1.82, 2.24) is 9.71 Å². The Labute approximate surface area is 126 Å². The predicted octanol–water partition coefficient (Wildman–Crippen LogP) is 1.60. The largest absolute Gasteiger partial charge is 0.307 e. The molecule has 0 spiro atoms. The highest BCUT2D eigenvalue weighted by Crippen LogP contribution is 2.21. The van der Waals surface area contributed by atoms with E-state index in [-0.39, 0.29) is 15.7 Å². The maximum Gasteiger partial charge on any atom is 0.242 e. The number of nitrogens with one attached hydrogen (secondary N) is 2. The Kier molecular flexibility index (Phi) is 4.95. The van der Waals surface area contributed by atoms with Gasteiger partial charge in [-0.1, -0.05) is 17.7 Å². The van der Waals surface area contributed by atoms with Crippen molar-refractivity contribution in [3.8, 4) is 0 Å². The first-order valence-corrected chi connectivity index (χ1v) is 8.41. The number of sulfonamides is 1. The monoisotopic (exact) mass is 332 g/mol. The lowest BCUT2D eigenvalue weighted by Gasteiger charge is -2.08. The van der Waals surface area contributed by atoms with Crippen molar-refractivity contribution >= 4 is 38.8 Å². The van der Waals surface area contributed by atoms with Crippen LogP contribution in [0.2, 0.25) is 5.02 Å². The van der Waals surface area contributed by atoms with Crippen LogP contribution < -0.4 is 16.0 Å². The van der Waals surface area contributed by atoms with Crippen LogP contribution in [-0.2, 0) is 16.4 Å². The average Bonchev–Trinajstić information content (AvgIpc) is 2.91. The number of nitrogens with zero attached hydrogens (tertiary/aromatic N) is 1. The molecule has 0 aromatic carbocycles. The third-order valence-corrected chi connectivity index (χ3v) is 5.16. The molecule has 2 heterocycles. The number of pyridine rings is 1. The molecule has 0 fully saturated rings. The van der Waals surface area contributed by atoms with Gasteiger partial charge in [0.05, 0.1) is 5.02 Å². The summed E-state index contributed by atoms with van der Waals surface area (Å²) in [5.41, 5.74) is 2.28. The maximum atomic E-state index is 12.1. The Morgan fingerprint density at radius 1 is 1.45 bits per heavy atom. The van der Waals surface area contributed by atoms with Crippen molar-refractivity contribution in [2.75, 3.05) is 12.0 Å². The number of nitrogens with two attached hydrogens (primary N) is 1. The minimum atomic E-state index is -3.62. The van der Waals surface area contributed by atoms with Crippen LogP contribution in [0.15, 0.2) is 34.7 Å². The van der Waals surface area contributed by atoms with Gasteiger partial charge in [-0.3, -0.25) is 0 Å². The fraction of sp³-hybridized carbons (Fsp3) is 0.182. The number of hydrazine groups is 1. The molecule has 0 atom stereocenters. The van der Waals surface area contributed by atoms with Gasteiger partial charge in [-0.05, 0) is 23.9 Å². The van der Waals surface area contributed by atoms with Gasteiger partial charge in [0.15, 0.2) is 5.82 Å². The van der Waals surface area contributed by atoms with Crippen LogP contribution in [-0.4, -0.2) is 19.9 Å². The molecule has 108 valence electrons. The molecule has 9 heteroatoms. The normalized spacial score (nSPS) is 11.5. The lowest BCUT2D eigenvalue weighted by molar-refractivity contribution is 0.581. The Morgan fingerprint density at radius 3 is 2.85 bits per heavy atom. The zero-order valence-corrected chi connectivity index (χ0v) is 12.7. The van der Waals surface area contributed by atoms with Gasteiger partial charge in [-0.25, -0.2) is 24.0 Å². The minimum Gasteiger partial charge on any atom is -0.307 e. The molecule has 0 aliphatic rings. The van der Waals surface area contributed by atoms with Crippen LogP contribution in [0.25, 0.3) is 0 Å². The van der Waals surface area contributed by atoms with Crippen LogP contribution in [0.5, 0.6) is 0 Å². The summed E-state index contributed by atoms with van der Waals surface area (Å²) in [5.74, 6) is 5.41. The van der Waals surface area contributed by atoms with E-state index in [2.05, 4.69) is 15.1 Å². The number of rotatable bonds is 6. The van der Waals surface area contributed by atoms with Gasteiger partial charge in [-0.15, -0.1) is 11.3 Å². The summed E-state index contributed by atoms with van der Waals surface area (Å²) < 4.78 is 26.6. The standard InChI is InChI=1S/C11H13ClN4O2S2/c12-10-6-9(7-14-11(10)16-13)20(17,18)15-4-3-8-2-1-5-19-8/h1-2,5-7,15H,3-4,13H2,(H,14,16). The topological polar surface area (TPSA) is 97.1 Å². The second-order valence-corrected chi connectivity index (χ2v) is 7.08. The van der Waals surface area contributed by atoms with Gasteiger partial charge in [0.1, 0.15) is 4.90 Å². The van der Waals surface area contributed by atoms with E-state index in [0.717, 1.165) is 4.88 Å². The number of aromatic nitrogens is 1. The second kappa shape index (κ2) is 6.51. The summed E-state index contributed by atoms with van der Waals surface area (Å²) in [6.07, 6.45) is 1.84. The van der Waals surface area contributed by atoms with Crippen LogP contribution in [0, 0.1) is 0 Å². The van der Waals surface area contributed by atoms with Crippen LogP contribution in [0.1, 0.15) is 4.88 Å². The molecule has 2 rings (SSSR count). The quantitative estimate of drug-likeness (QED) is 0.551. The fourth-order valence-corrected chi connectivity index (χ4v) is 3.52. The molecular weight excluding hydrogens is 320 g/mol. The van der Waals surface area contributed by atoms with Gasteiger partial charge >= 0.3 is 0 Å². The van der Waals surface area contributed by atoms with Crippen LogP contribution >= 0.6 is 22.9 Å². The van der Waals surface area contributed by atoms with Gasteiger partial charge in [-0.2, -0.15) is 0 Å². The summed E-state index contributed by atoms with van der Waals surface area (Å²) >= 11 is 7.44. The lowest BCUT2D eigenvalue weighted by Crippen LogP contribution is -2.26. The Morgan fingerprint density at radius 2 is 2.25 bits per heavy atom. The smallest absolute Gasteiger partial charge is 0.242 e. The molecule has 4 N–H and O–H groups in total. The second-order valence-electron chi connectivity index (χ2n) is 3.87. The SMILES string of the molecule is NNc1ncc(S(=O)(=O)NCCc2cccs2)cc1Cl. The highest BCUT2D eigenvalue weighted by Gasteiger charge is 2.16. The zero-order valence-electron chi connectivity index (χ0n) is 10.3. The van der Waals surface area contributed by atoms with Gasteiger partial charge in [0.2, 0.25) is 10.0 Å². The lowest BCUT2D eigenvalue weighted by atomic mass is 10.3. The average molecular weight is 333 g/mol. The number of thiophene rings is 1. The molecular formula is C11H13ClN4O2S2. The van der Waals surface area contributed by atoms with Crippen molar-refractivity contribution in [3.05, 3.63) is 39.7 Å². The van der Waals surface area contributed by atoms with E-state index < -0.39 is 10.0 Å². The zero-order chi connectivity index (χ0) is 14.6. The maximum absolute atomic E-state index is 12.1. The number of nitrogen functional groups attached to an aromatic ring is 1. The van der Waals surface area contributed by atoms with Crippen molar-refractivity contribution in [1.29, 1.82) is 0 Å². The molecule has 0 radical (unpaired) electrons. The fourth-order valence-electron chi connectivity index (χ4n) is 1.52. The molecule has 0 saturated carbocycles. The first-order valence-electron chi connectivity index (χ1n) is 5.67. The Bertz CT molecular complexity index is 674. The first-order chi connectivity index (χ1) is 9.53. The molecule has 0 aliphatic carbocycles. The molecule has 6 nitrogen and oxygen atoms in total. The van der Waals surface area contributed by atoms with Crippen LogP contribution in [0.4, 0.5) is 5.82 Å². The molecule has 0 unspecified atom stereocenters. The molecule has 0 saturated heterocycles. The van der Waals surface area contributed by atoms with E-state index in [9.17, 15) is 8.42 Å². The molecule has 20 heavy (non-hydrogen) atoms. The van der Waals surface area contributed by atoms with Crippen LogP contribution in [0.3, 0.4) is 0 Å². The summed E-state index contributed by atoms with van der Waals surface area (Å²) in [7, 11) is -3.62. The highest BCUT2D eigenvalue weighted by atomic mass is 35.5. The number of anilines is 1. The van der Waals surface area contributed by atoms with E-state index >= 15 is 0 Å². The minimum absolute atomic E-state index is 0.00711. The third kappa shape index (κ3) is 3.68. The molecule has 0 bridgehead atoms. The molecule has 0 amide bonds. The number of halogens is 1. The van der Waals surface area contributed by atoms with Crippen molar-refractivity contribution < 1.29 is 8.42 Å². The third-order valence-electron chi connectivity index (χ3n) is 2.51. The summed E-state index contributed by atoms with van der Waals surface area (Å²) in [4.78, 5) is 4.96. The van der Waals surface area contributed by atoms with Gasteiger partial charge in [0.25, 0.3) is 0 Å². The predicted molar refractivity (Wildman–Crippen MR) is 80.3 cm³/mol. The summed E-state index contributed by atoms with van der Waals surface area (Å²) in [5, 5.41) is 2.10. The number of hydrogen-bond acceptors (Lipinski definition) is 6. The summed E-state index contributed by atoms with van der Waals surface area (Å²) in [6, 6.07) is 5.19. The van der Waals surface area contributed by atoms with E-state index in [1.807, 2.05) is 17.5 Å². The van der Waals surface area contributed by atoms with Gasteiger partial charge in [0, 0.05) is 17.6 Å². The van der Waals surface area contributed by atoms with Crippen molar-refractivity contribution in [2.24, 2.45) is 5.84 Å². The van der Waals surface area contributed by atoms with Crippen molar-refractivity contribution in [2.45, 2.75) is 11.3 Å². The Hall–Kier alpha value is -1.19. The molecule has 2 aromatic heterocycles. The molecule has 0 aliphatic heterocycles. The van der Waals surface area contributed by atoms with E-state index in [4.69, 9.17) is 17.4 Å². The summed E-state index contributed by atoms with van der Waals surface area (Å²) in [6.45, 7) is 0.317. The van der Waals surface area contributed by atoms with E-state index in [1.54, 1.807) is 11.3 Å². The van der Waals surface area contributed by atoms with Crippen molar-refractivity contribution in [3.63, 3.8) is 0 Å². The first kappa shape index (κ1) is 15.2. The molecule has 2 aromatic rings.